The minimum atomic E-state index is -0.915. The summed E-state index contributed by atoms with van der Waals surface area (Å²) in [7, 11) is 0. The molecule has 2 aromatic heterocycles. The van der Waals surface area contributed by atoms with Crippen molar-refractivity contribution in [1.82, 2.24) is 9.97 Å². The number of aromatic carboxylic acids is 1. The zero-order valence-electron chi connectivity index (χ0n) is 11.4. The Morgan fingerprint density at radius 1 is 1.42 bits per heavy atom. The molecule has 0 bridgehead atoms. The molecule has 0 saturated heterocycles. The molecule has 0 atom stereocenters. The van der Waals surface area contributed by atoms with E-state index in [0.717, 1.165) is 17.5 Å². The van der Waals surface area contributed by atoms with Crippen LogP contribution in [0.15, 0.2) is 6.33 Å². The molecule has 0 aromatic carbocycles. The smallest absolute Gasteiger partial charge is 0.346 e. The number of aromatic nitrogens is 2. The van der Waals surface area contributed by atoms with Crippen molar-refractivity contribution in [2.75, 3.05) is 11.9 Å². The lowest BCUT2D eigenvalue weighted by molar-refractivity contribution is 0.0701. The summed E-state index contributed by atoms with van der Waals surface area (Å²) in [5.41, 5.74) is 0.848. The predicted octanol–water partition coefficient (Wildman–Crippen LogP) is 3.16. The van der Waals surface area contributed by atoms with E-state index in [-0.39, 0.29) is 5.41 Å². The normalized spacial score (nSPS) is 11.8. The largest absolute Gasteiger partial charge is 0.477 e. The van der Waals surface area contributed by atoms with Crippen LogP contribution in [0.4, 0.5) is 5.82 Å². The van der Waals surface area contributed by atoms with Gasteiger partial charge in [0.05, 0.1) is 5.39 Å². The van der Waals surface area contributed by atoms with Crippen LogP contribution in [0.2, 0.25) is 0 Å². The van der Waals surface area contributed by atoms with Crippen LogP contribution in [0.3, 0.4) is 0 Å². The number of hydrogen-bond acceptors (Lipinski definition) is 5. The Morgan fingerprint density at radius 3 is 2.68 bits per heavy atom. The summed E-state index contributed by atoms with van der Waals surface area (Å²) >= 11 is 1.19. The van der Waals surface area contributed by atoms with Gasteiger partial charge >= 0.3 is 5.97 Å². The van der Waals surface area contributed by atoms with E-state index in [9.17, 15) is 4.79 Å². The first kappa shape index (κ1) is 13.7. The van der Waals surface area contributed by atoms with E-state index in [0.29, 0.717) is 15.5 Å². The highest BCUT2D eigenvalue weighted by Gasteiger charge is 2.19. The quantitative estimate of drug-likeness (QED) is 0.902. The minimum absolute atomic E-state index is 0.122. The summed E-state index contributed by atoms with van der Waals surface area (Å²) in [6, 6.07) is 0. The van der Waals surface area contributed by atoms with Gasteiger partial charge < -0.3 is 10.4 Å². The Morgan fingerprint density at radius 2 is 2.11 bits per heavy atom. The Bertz CT molecular complexity index is 629. The van der Waals surface area contributed by atoms with Crippen LogP contribution in [0.5, 0.6) is 0 Å². The average molecular weight is 279 g/mol. The van der Waals surface area contributed by atoms with Crippen molar-refractivity contribution in [3.63, 3.8) is 0 Å². The molecule has 0 aliphatic carbocycles. The van der Waals surface area contributed by atoms with Gasteiger partial charge in [0.15, 0.2) is 0 Å². The standard InChI is InChI=1S/C13H17N3O2S/c1-7-8-10(14-5-13(2,3)4)15-6-16-11(8)19-9(7)12(17)18/h6H,5H2,1-4H3,(H,17,18)(H,14,15,16). The average Bonchev–Trinajstić information content (AvgIpc) is 2.64. The lowest BCUT2D eigenvalue weighted by Gasteiger charge is -2.19. The summed E-state index contributed by atoms with van der Waals surface area (Å²) in [6.07, 6.45) is 1.47. The number of fused-ring (bicyclic) bond motifs is 1. The van der Waals surface area contributed by atoms with Gasteiger partial charge in [-0.2, -0.15) is 0 Å². The highest BCUT2D eigenvalue weighted by atomic mass is 32.1. The zero-order chi connectivity index (χ0) is 14.2. The molecule has 0 unspecified atom stereocenters. The van der Waals surface area contributed by atoms with Gasteiger partial charge in [-0.3, -0.25) is 0 Å². The fraction of sp³-hybridized carbons (Fsp3) is 0.462. The predicted molar refractivity (Wildman–Crippen MR) is 77.1 cm³/mol. The lowest BCUT2D eigenvalue weighted by atomic mass is 9.97. The summed E-state index contributed by atoms with van der Waals surface area (Å²) in [5.74, 6) is -0.205. The van der Waals surface area contributed by atoms with Gasteiger partial charge in [0.1, 0.15) is 21.9 Å². The van der Waals surface area contributed by atoms with Crippen molar-refractivity contribution < 1.29 is 9.90 Å². The van der Waals surface area contributed by atoms with E-state index in [2.05, 4.69) is 36.1 Å². The van der Waals surface area contributed by atoms with Crippen molar-refractivity contribution in [3.05, 3.63) is 16.8 Å². The minimum Gasteiger partial charge on any atom is -0.477 e. The SMILES string of the molecule is Cc1c(C(=O)O)sc2ncnc(NCC(C)(C)C)c12. The molecule has 2 heterocycles. The fourth-order valence-electron chi connectivity index (χ4n) is 1.76. The second kappa shape index (κ2) is 4.77. The number of carboxylic acid groups (broad SMARTS) is 1. The molecule has 6 heteroatoms. The van der Waals surface area contributed by atoms with E-state index < -0.39 is 5.97 Å². The van der Waals surface area contributed by atoms with Crippen LogP contribution >= 0.6 is 11.3 Å². The van der Waals surface area contributed by atoms with Gasteiger partial charge in [-0.1, -0.05) is 20.8 Å². The van der Waals surface area contributed by atoms with Crippen molar-refractivity contribution >= 4 is 33.3 Å². The van der Waals surface area contributed by atoms with E-state index in [1.54, 1.807) is 6.92 Å². The van der Waals surface area contributed by atoms with Crippen LogP contribution in [-0.2, 0) is 0 Å². The number of nitrogens with one attached hydrogen (secondary N) is 1. The highest BCUT2D eigenvalue weighted by molar-refractivity contribution is 7.20. The van der Waals surface area contributed by atoms with Gasteiger partial charge in [0.2, 0.25) is 0 Å². The Kier molecular flexibility index (Phi) is 3.45. The first-order valence-corrected chi connectivity index (χ1v) is 6.82. The molecule has 0 radical (unpaired) electrons. The molecule has 0 aliphatic rings. The number of carboxylic acids is 1. The molecule has 0 saturated carbocycles. The number of thiophene rings is 1. The van der Waals surface area contributed by atoms with Crippen LogP contribution < -0.4 is 5.32 Å². The topological polar surface area (TPSA) is 75.1 Å². The zero-order valence-corrected chi connectivity index (χ0v) is 12.3. The molecule has 2 rings (SSSR count). The first-order valence-electron chi connectivity index (χ1n) is 6.01. The van der Waals surface area contributed by atoms with Crippen LogP contribution in [0.1, 0.15) is 36.0 Å². The number of carbonyl (C=O) groups is 1. The summed E-state index contributed by atoms with van der Waals surface area (Å²) in [6.45, 7) is 8.94. The lowest BCUT2D eigenvalue weighted by Crippen LogP contribution is -2.19. The Labute approximate surface area is 115 Å². The van der Waals surface area contributed by atoms with Crippen molar-refractivity contribution in [3.8, 4) is 0 Å². The number of nitrogens with zero attached hydrogens (tertiary/aromatic N) is 2. The van der Waals surface area contributed by atoms with Gasteiger partial charge in [-0.05, 0) is 17.9 Å². The maximum atomic E-state index is 11.2. The number of anilines is 1. The van der Waals surface area contributed by atoms with Crippen molar-refractivity contribution in [2.45, 2.75) is 27.7 Å². The molecule has 0 amide bonds. The van der Waals surface area contributed by atoms with Crippen LogP contribution in [0.25, 0.3) is 10.2 Å². The fourth-order valence-corrected chi connectivity index (χ4v) is 2.75. The molecule has 19 heavy (non-hydrogen) atoms. The molecular formula is C13H17N3O2S. The third-order valence-electron chi connectivity index (χ3n) is 2.71. The molecule has 2 N–H and O–H groups in total. The molecule has 2 aromatic rings. The second-order valence-electron chi connectivity index (χ2n) is 5.68. The molecule has 0 spiro atoms. The molecule has 102 valence electrons. The van der Waals surface area contributed by atoms with E-state index >= 15 is 0 Å². The number of hydrogen-bond donors (Lipinski definition) is 2. The summed E-state index contributed by atoms with van der Waals surface area (Å²) in [5, 5.41) is 13.3. The van der Waals surface area contributed by atoms with Crippen molar-refractivity contribution in [2.24, 2.45) is 5.41 Å². The van der Waals surface area contributed by atoms with E-state index in [1.807, 2.05) is 0 Å². The maximum Gasteiger partial charge on any atom is 0.346 e. The Hall–Kier alpha value is -1.69. The first-order chi connectivity index (χ1) is 8.79. The third-order valence-corrected chi connectivity index (χ3v) is 3.90. The van der Waals surface area contributed by atoms with Crippen LogP contribution in [-0.4, -0.2) is 27.6 Å². The van der Waals surface area contributed by atoms with Gasteiger partial charge in [-0.25, -0.2) is 14.8 Å². The molecule has 0 fully saturated rings. The summed E-state index contributed by atoms with van der Waals surface area (Å²) < 4.78 is 0. The van der Waals surface area contributed by atoms with Gasteiger partial charge in [0, 0.05) is 6.54 Å². The molecule has 0 aliphatic heterocycles. The van der Waals surface area contributed by atoms with Crippen molar-refractivity contribution in [1.29, 1.82) is 0 Å². The van der Waals surface area contributed by atoms with Gasteiger partial charge in [-0.15, -0.1) is 11.3 Å². The number of aryl methyl sites for hydroxylation is 1. The van der Waals surface area contributed by atoms with E-state index in [4.69, 9.17) is 5.11 Å². The third kappa shape index (κ3) is 2.84. The molecular weight excluding hydrogens is 262 g/mol. The number of rotatable bonds is 3. The maximum absolute atomic E-state index is 11.2. The summed E-state index contributed by atoms with van der Waals surface area (Å²) in [4.78, 5) is 20.6. The Balaban J connectivity index is 2.47. The van der Waals surface area contributed by atoms with Gasteiger partial charge in [0.25, 0.3) is 0 Å². The molecule has 5 nitrogen and oxygen atoms in total. The van der Waals surface area contributed by atoms with E-state index in [1.165, 1.54) is 17.7 Å². The van der Waals surface area contributed by atoms with Crippen LogP contribution in [0, 0.1) is 12.3 Å². The monoisotopic (exact) mass is 279 g/mol. The highest BCUT2D eigenvalue weighted by Crippen LogP contribution is 2.33. The second-order valence-corrected chi connectivity index (χ2v) is 6.68.